The number of nitrogen functional groups attached to an aromatic ring is 1. The molecule has 21 heavy (non-hydrogen) atoms. The highest BCUT2D eigenvalue weighted by Gasteiger charge is 2.11. The fraction of sp³-hybridized carbons (Fsp3) is 0.154. The molecule has 0 bridgehead atoms. The number of nitrogens with zero attached hydrogens (tertiary/aromatic N) is 1. The average Bonchev–Trinajstić information content (AvgIpc) is 2.93. The van der Waals surface area contributed by atoms with Gasteiger partial charge in [-0.2, -0.15) is 0 Å². The number of rotatable bonds is 5. The predicted octanol–water partition coefficient (Wildman–Crippen LogP) is 0.815. The van der Waals surface area contributed by atoms with E-state index in [1.807, 2.05) is 5.43 Å². The van der Waals surface area contributed by atoms with E-state index in [0.29, 0.717) is 17.2 Å². The van der Waals surface area contributed by atoms with Gasteiger partial charge in [-0.15, -0.1) is 0 Å². The molecule has 0 aliphatic heterocycles. The summed E-state index contributed by atoms with van der Waals surface area (Å²) in [6, 6.07) is 8.32. The van der Waals surface area contributed by atoms with Gasteiger partial charge in [-0.1, -0.05) is 11.2 Å². The van der Waals surface area contributed by atoms with Crippen molar-refractivity contribution in [3.05, 3.63) is 41.8 Å². The lowest BCUT2D eigenvalue weighted by atomic mass is 10.3. The molecule has 2 aromatic rings. The number of carbonyl (C=O) groups excluding carboxylic acids is 2. The summed E-state index contributed by atoms with van der Waals surface area (Å²) in [6.45, 7) is 1.51. The molecule has 0 saturated heterocycles. The van der Waals surface area contributed by atoms with E-state index in [1.165, 1.54) is 13.0 Å². The van der Waals surface area contributed by atoms with E-state index in [2.05, 4.69) is 10.5 Å². The van der Waals surface area contributed by atoms with Crippen molar-refractivity contribution in [3.63, 3.8) is 0 Å². The molecule has 4 N–H and O–H groups in total. The fourth-order valence-corrected chi connectivity index (χ4v) is 1.58. The largest absolute Gasteiger partial charge is 0.485 e. The van der Waals surface area contributed by atoms with Gasteiger partial charge in [0, 0.05) is 24.7 Å². The standard InChI is InChI=1S/C13H14N4O4/c1-8(18)15-9-3-2-4-10(5-9)20-7-11-6-12(17-21-11)13(19)16-14/h2-6H,7,14H2,1H3,(H,15,18)(H,16,19). The molecule has 2 amide bonds. The molecule has 0 spiro atoms. The van der Waals surface area contributed by atoms with Crippen LogP contribution in [0.2, 0.25) is 0 Å². The Labute approximate surface area is 120 Å². The molecule has 110 valence electrons. The molecule has 0 aliphatic carbocycles. The number of anilines is 1. The summed E-state index contributed by atoms with van der Waals surface area (Å²) in [5.41, 5.74) is 2.65. The summed E-state index contributed by atoms with van der Waals surface area (Å²) < 4.78 is 10.4. The van der Waals surface area contributed by atoms with Crippen molar-refractivity contribution in [2.75, 3.05) is 5.32 Å². The third-order valence-electron chi connectivity index (χ3n) is 2.46. The number of aromatic nitrogens is 1. The van der Waals surface area contributed by atoms with Crippen LogP contribution in [-0.2, 0) is 11.4 Å². The van der Waals surface area contributed by atoms with E-state index in [4.69, 9.17) is 15.1 Å². The van der Waals surface area contributed by atoms with Crippen molar-refractivity contribution in [3.8, 4) is 5.75 Å². The molecular formula is C13H14N4O4. The smallest absolute Gasteiger partial charge is 0.287 e. The first-order chi connectivity index (χ1) is 10.1. The van der Waals surface area contributed by atoms with Gasteiger partial charge in [-0.3, -0.25) is 15.0 Å². The van der Waals surface area contributed by atoms with Crippen molar-refractivity contribution in [1.82, 2.24) is 10.6 Å². The molecule has 0 aliphatic rings. The Kier molecular flexibility index (Phi) is 4.52. The number of carbonyl (C=O) groups is 2. The lowest BCUT2D eigenvalue weighted by molar-refractivity contribution is -0.114. The maximum Gasteiger partial charge on any atom is 0.287 e. The summed E-state index contributed by atoms with van der Waals surface area (Å²) in [6.07, 6.45) is 0. The highest BCUT2D eigenvalue weighted by molar-refractivity contribution is 5.91. The number of amides is 2. The number of hydrogen-bond acceptors (Lipinski definition) is 6. The summed E-state index contributed by atoms with van der Waals surface area (Å²) in [4.78, 5) is 22.2. The Morgan fingerprint density at radius 2 is 2.19 bits per heavy atom. The Morgan fingerprint density at radius 3 is 2.90 bits per heavy atom. The number of hydrogen-bond donors (Lipinski definition) is 3. The van der Waals surface area contributed by atoms with Gasteiger partial charge in [0.05, 0.1) is 0 Å². The molecule has 8 nitrogen and oxygen atoms in total. The number of nitrogens with one attached hydrogen (secondary N) is 2. The zero-order valence-electron chi connectivity index (χ0n) is 11.3. The van der Waals surface area contributed by atoms with Gasteiger partial charge in [-0.25, -0.2) is 5.84 Å². The second-order valence-electron chi connectivity index (χ2n) is 4.15. The van der Waals surface area contributed by atoms with Gasteiger partial charge in [0.25, 0.3) is 5.91 Å². The molecule has 1 aromatic heterocycles. The Balaban J connectivity index is 1.98. The lowest BCUT2D eigenvalue weighted by Gasteiger charge is -2.06. The minimum atomic E-state index is -0.544. The third-order valence-corrected chi connectivity index (χ3v) is 2.46. The number of ether oxygens (including phenoxy) is 1. The molecule has 0 unspecified atom stereocenters. The molecular weight excluding hydrogens is 276 g/mol. The van der Waals surface area contributed by atoms with Gasteiger partial charge in [0.1, 0.15) is 12.4 Å². The van der Waals surface area contributed by atoms with Gasteiger partial charge >= 0.3 is 0 Å². The van der Waals surface area contributed by atoms with Crippen molar-refractivity contribution >= 4 is 17.5 Å². The van der Waals surface area contributed by atoms with Crippen molar-refractivity contribution in [2.24, 2.45) is 5.84 Å². The quantitative estimate of drug-likeness (QED) is 0.426. The van der Waals surface area contributed by atoms with Crippen LogP contribution in [-0.4, -0.2) is 17.0 Å². The average molecular weight is 290 g/mol. The van der Waals surface area contributed by atoms with Crippen LogP contribution in [0.3, 0.4) is 0 Å². The Bertz CT molecular complexity index is 653. The van der Waals surface area contributed by atoms with Crippen molar-refractivity contribution in [1.29, 1.82) is 0 Å². The van der Waals surface area contributed by atoms with Gasteiger partial charge in [0.2, 0.25) is 5.91 Å². The molecule has 2 rings (SSSR count). The van der Waals surface area contributed by atoms with Crippen LogP contribution < -0.4 is 21.3 Å². The van der Waals surface area contributed by atoms with Crippen LogP contribution in [0.15, 0.2) is 34.9 Å². The molecule has 0 saturated carbocycles. The number of hydrazine groups is 1. The van der Waals surface area contributed by atoms with Gasteiger partial charge in [0.15, 0.2) is 11.5 Å². The zero-order valence-corrected chi connectivity index (χ0v) is 11.3. The number of nitrogens with two attached hydrogens (primary N) is 1. The molecule has 1 heterocycles. The Morgan fingerprint density at radius 1 is 1.38 bits per heavy atom. The van der Waals surface area contributed by atoms with Crippen LogP contribution in [0.1, 0.15) is 23.2 Å². The van der Waals surface area contributed by atoms with Crippen LogP contribution in [0.5, 0.6) is 5.75 Å². The molecule has 0 radical (unpaired) electrons. The predicted molar refractivity (Wildman–Crippen MR) is 73.2 cm³/mol. The number of benzene rings is 1. The minimum Gasteiger partial charge on any atom is -0.485 e. The second-order valence-corrected chi connectivity index (χ2v) is 4.15. The van der Waals surface area contributed by atoms with Crippen LogP contribution in [0, 0.1) is 0 Å². The SMILES string of the molecule is CC(=O)Nc1cccc(OCc2cc(C(=O)NN)no2)c1. The summed E-state index contributed by atoms with van der Waals surface area (Å²) >= 11 is 0. The highest BCUT2D eigenvalue weighted by Crippen LogP contribution is 2.18. The fourth-order valence-electron chi connectivity index (χ4n) is 1.58. The summed E-state index contributed by atoms with van der Waals surface area (Å²) in [5, 5.41) is 6.20. The maximum atomic E-state index is 11.2. The third kappa shape index (κ3) is 4.05. The normalized spacial score (nSPS) is 10.0. The first kappa shape index (κ1) is 14.5. The topological polar surface area (TPSA) is 119 Å². The minimum absolute atomic E-state index is 0.0723. The van der Waals surface area contributed by atoms with E-state index < -0.39 is 5.91 Å². The van der Waals surface area contributed by atoms with Gasteiger partial charge < -0.3 is 14.6 Å². The molecule has 1 aromatic carbocycles. The second kappa shape index (κ2) is 6.53. The van der Waals surface area contributed by atoms with E-state index in [9.17, 15) is 9.59 Å². The summed E-state index contributed by atoms with van der Waals surface area (Å²) in [7, 11) is 0. The zero-order chi connectivity index (χ0) is 15.2. The lowest BCUT2D eigenvalue weighted by Crippen LogP contribution is -2.30. The van der Waals surface area contributed by atoms with Gasteiger partial charge in [-0.05, 0) is 12.1 Å². The van der Waals surface area contributed by atoms with E-state index in [0.717, 1.165) is 0 Å². The Hall–Kier alpha value is -2.87. The monoisotopic (exact) mass is 290 g/mol. The van der Waals surface area contributed by atoms with Crippen LogP contribution in [0.25, 0.3) is 0 Å². The molecule has 8 heteroatoms. The first-order valence-electron chi connectivity index (χ1n) is 6.05. The van der Waals surface area contributed by atoms with Crippen molar-refractivity contribution in [2.45, 2.75) is 13.5 Å². The first-order valence-corrected chi connectivity index (χ1v) is 6.05. The van der Waals surface area contributed by atoms with E-state index in [1.54, 1.807) is 24.3 Å². The van der Waals surface area contributed by atoms with E-state index >= 15 is 0 Å². The summed E-state index contributed by atoms with van der Waals surface area (Å²) in [5.74, 6) is 5.19. The molecule has 0 fully saturated rings. The molecule has 0 atom stereocenters. The maximum absolute atomic E-state index is 11.2. The van der Waals surface area contributed by atoms with Crippen LogP contribution in [0.4, 0.5) is 5.69 Å². The van der Waals surface area contributed by atoms with Crippen molar-refractivity contribution < 1.29 is 18.8 Å². The van der Waals surface area contributed by atoms with E-state index in [-0.39, 0.29) is 18.2 Å². The van der Waals surface area contributed by atoms with Crippen LogP contribution >= 0.6 is 0 Å². The highest BCUT2D eigenvalue weighted by atomic mass is 16.5.